The minimum Gasteiger partial charge on any atom is -0.497 e. The molecule has 0 spiro atoms. The Bertz CT molecular complexity index is 614. The summed E-state index contributed by atoms with van der Waals surface area (Å²) < 4.78 is 19.1. The number of halogens is 1. The SMILES string of the molecule is CNc1cc(-c2ccc(OC)cc2F)nc(C(C)C)n1. The van der Waals surface area contributed by atoms with Crippen molar-refractivity contribution < 1.29 is 9.13 Å². The van der Waals surface area contributed by atoms with E-state index in [9.17, 15) is 4.39 Å². The third kappa shape index (κ3) is 2.87. The van der Waals surface area contributed by atoms with E-state index in [1.165, 1.54) is 13.2 Å². The lowest BCUT2D eigenvalue weighted by molar-refractivity contribution is 0.411. The van der Waals surface area contributed by atoms with E-state index >= 15 is 0 Å². The molecule has 5 heteroatoms. The van der Waals surface area contributed by atoms with Crippen LogP contribution in [0.4, 0.5) is 10.2 Å². The van der Waals surface area contributed by atoms with E-state index in [-0.39, 0.29) is 11.7 Å². The molecule has 1 aromatic carbocycles. The largest absolute Gasteiger partial charge is 0.497 e. The molecular formula is C15H18FN3O. The van der Waals surface area contributed by atoms with Gasteiger partial charge in [-0.15, -0.1) is 0 Å². The van der Waals surface area contributed by atoms with E-state index < -0.39 is 0 Å². The summed E-state index contributed by atoms with van der Waals surface area (Å²) in [4.78, 5) is 8.81. The number of benzene rings is 1. The maximum absolute atomic E-state index is 14.1. The van der Waals surface area contributed by atoms with Gasteiger partial charge in [0.1, 0.15) is 23.2 Å². The maximum Gasteiger partial charge on any atom is 0.136 e. The van der Waals surface area contributed by atoms with Crippen molar-refractivity contribution >= 4 is 5.82 Å². The Morgan fingerprint density at radius 3 is 2.50 bits per heavy atom. The molecule has 0 saturated heterocycles. The molecule has 2 rings (SSSR count). The van der Waals surface area contributed by atoms with Crippen LogP contribution >= 0.6 is 0 Å². The molecule has 20 heavy (non-hydrogen) atoms. The van der Waals surface area contributed by atoms with Crippen molar-refractivity contribution in [2.75, 3.05) is 19.5 Å². The Morgan fingerprint density at radius 2 is 1.95 bits per heavy atom. The van der Waals surface area contributed by atoms with Crippen LogP contribution in [-0.2, 0) is 0 Å². The number of hydrogen-bond acceptors (Lipinski definition) is 4. The first-order chi connectivity index (χ1) is 9.55. The van der Waals surface area contributed by atoms with Crippen LogP contribution in [0.3, 0.4) is 0 Å². The van der Waals surface area contributed by atoms with Crippen LogP contribution in [-0.4, -0.2) is 24.1 Å². The van der Waals surface area contributed by atoms with Gasteiger partial charge in [-0.2, -0.15) is 0 Å². The van der Waals surface area contributed by atoms with Gasteiger partial charge in [-0.1, -0.05) is 13.8 Å². The lowest BCUT2D eigenvalue weighted by atomic mass is 10.1. The van der Waals surface area contributed by atoms with Gasteiger partial charge in [0.05, 0.1) is 12.8 Å². The number of hydrogen-bond donors (Lipinski definition) is 1. The maximum atomic E-state index is 14.1. The predicted octanol–water partition coefficient (Wildman–Crippen LogP) is 3.46. The fourth-order valence-electron chi connectivity index (χ4n) is 1.82. The normalized spacial score (nSPS) is 10.7. The summed E-state index contributed by atoms with van der Waals surface area (Å²) in [6.07, 6.45) is 0. The lowest BCUT2D eigenvalue weighted by Gasteiger charge is -2.11. The average Bonchev–Trinajstić information content (AvgIpc) is 2.46. The van der Waals surface area contributed by atoms with Crippen LogP contribution in [0.1, 0.15) is 25.6 Å². The Labute approximate surface area is 118 Å². The molecule has 0 amide bonds. The minimum absolute atomic E-state index is 0.170. The molecule has 106 valence electrons. The quantitative estimate of drug-likeness (QED) is 0.928. The van der Waals surface area contributed by atoms with Crippen LogP contribution in [0.2, 0.25) is 0 Å². The molecule has 2 aromatic rings. The van der Waals surface area contributed by atoms with Crippen LogP contribution in [0.25, 0.3) is 11.3 Å². The number of nitrogens with one attached hydrogen (secondary N) is 1. The smallest absolute Gasteiger partial charge is 0.136 e. The summed E-state index contributed by atoms with van der Waals surface area (Å²) in [6.45, 7) is 4.01. The van der Waals surface area contributed by atoms with E-state index in [0.29, 0.717) is 28.6 Å². The summed E-state index contributed by atoms with van der Waals surface area (Å²) in [5.74, 6) is 1.65. The van der Waals surface area contributed by atoms with Gasteiger partial charge >= 0.3 is 0 Å². The zero-order chi connectivity index (χ0) is 14.7. The van der Waals surface area contributed by atoms with Crippen molar-refractivity contribution in [3.63, 3.8) is 0 Å². The summed E-state index contributed by atoms with van der Waals surface area (Å²) in [6, 6.07) is 6.47. The Balaban J connectivity index is 2.54. The highest BCUT2D eigenvalue weighted by atomic mass is 19.1. The number of rotatable bonds is 4. The van der Waals surface area contributed by atoms with Crippen molar-refractivity contribution in [1.29, 1.82) is 0 Å². The molecule has 0 atom stereocenters. The Kier molecular flexibility index (Phi) is 4.17. The Hall–Kier alpha value is -2.17. The zero-order valence-electron chi connectivity index (χ0n) is 12.1. The first-order valence-electron chi connectivity index (χ1n) is 6.45. The van der Waals surface area contributed by atoms with Gasteiger partial charge in [0.2, 0.25) is 0 Å². The molecule has 0 aliphatic carbocycles. The number of ether oxygens (including phenoxy) is 1. The number of methoxy groups -OCH3 is 1. The van der Waals surface area contributed by atoms with E-state index in [4.69, 9.17) is 4.74 Å². The van der Waals surface area contributed by atoms with Crippen LogP contribution in [0, 0.1) is 5.82 Å². The molecule has 1 aromatic heterocycles. The first-order valence-corrected chi connectivity index (χ1v) is 6.45. The third-order valence-electron chi connectivity index (χ3n) is 2.97. The van der Waals surface area contributed by atoms with Gasteiger partial charge in [-0.25, -0.2) is 14.4 Å². The molecule has 4 nitrogen and oxygen atoms in total. The topological polar surface area (TPSA) is 47.0 Å². The van der Waals surface area contributed by atoms with Gasteiger partial charge in [0.25, 0.3) is 0 Å². The average molecular weight is 275 g/mol. The zero-order valence-corrected chi connectivity index (χ0v) is 12.1. The number of aromatic nitrogens is 2. The van der Waals surface area contributed by atoms with Crippen LogP contribution < -0.4 is 10.1 Å². The van der Waals surface area contributed by atoms with Crippen LogP contribution in [0.5, 0.6) is 5.75 Å². The fourth-order valence-corrected chi connectivity index (χ4v) is 1.82. The van der Waals surface area contributed by atoms with Crippen LogP contribution in [0.15, 0.2) is 24.3 Å². The third-order valence-corrected chi connectivity index (χ3v) is 2.97. The molecule has 0 fully saturated rings. The lowest BCUT2D eigenvalue weighted by Crippen LogP contribution is -2.04. The van der Waals surface area contributed by atoms with E-state index in [0.717, 1.165) is 0 Å². The monoisotopic (exact) mass is 275 g/mol. The van der Waals surface area contributed by atoms with Gasteiger partial charge in [0.15, 0.2) is 0 Å². The molecule has 1 N–H and O–H groups in total. The highest BCUT2D eigenvalue weighted by Gasteiger charge is 2.12. The van der Waals surface area contributed by atoms with Crippen molar-refractivity contribution in [1.82, 2.24) is 9.97 Å². The number of anilines is 1. The molecule has 0 radical (unpaired) electrons. The highest BCUT2D eigenvalue weighted by molar-refractivity contribution is 5.64. The van der Waals surface area contributed by atoms with Crippen molar-refractivity contribution in [2.24, 2.45) is 0 Å². The second kappa shape index (κ2) is 5.86. The van der Waals surface area contributed by atoms with Crippen molar-refractivity contribution in [3.05, 3.63) is 35.9 Å². The summed E-state index contributed by atoms with van der Waals surface area (Å²) >= 11 is 0. The molecule has 0 aliphatic rings. The standard InChI is InChI=1S/C15H18FN3O/c1-9(2)15-18-13(8-14(17-3)19-15)11-6-5-10(20-4)7-12(11)16/h5-9H,1-4H3,(H,17,18,19). The summed E-state index contributed by atoms with van der Waals surface area (Å²) in [5.41, 5.74) is 1.000. The molecule has 0 saturated carbocycles. The predicted molar refractivity (Wildman–Crippen MR) is 77.6 cm³/mol. The minimum atomic E-state index is -0.361. The van der Waals surface area contributed by atoms with Gasteiger partial charge < -0.3 is 10.1 Å². The van der Waals surface area contributed by atoms with Crippen molar-refractivity contribution in [3.8, 4) is 17.0 Å². The van der Waals surface area contributed by atoms with Crippen molar-refractivity contribution in [2.45, 2.75) is 19.8 Å². The Morgan fingerprint density at radius 1 is 1.20 bits per heavy atom. The first kappa shape index (κ1) is 14.2. The molecule has 0 bridgehead atoms. The van der Waals surface area contributed by atoms with Gasteiger partial charge in [0, 0.05) is 30.7 Å². The number of nitrogens with zero attached hydrogens (tertiary/aromatic N) is 2. The fraction of sp³-hybridized carbons (Fsp3) is 0.333. The second-order valence-corrected chi connectivity index (χ2v) is 4.75. The van der Waals surface area contributed by atoms with E-state index in [1.54, 1.807) is 25.2 Å². The van der Waals surface area contributed by atoms with Gasteiger partial charge in [-0.3, -0.25) is 0 Å². The highest BCUT2D eigenvalue weighted by Crippen LogP contribution is 2.27. The molecular weight excluding hydrogens is 257 g/mol. The summed E-state index contributed by atoms with van der Waals surface area (Å²) in [5, 5.41) is 2.98. The second-order valence-electron chi connectivity index (χ2n) is 4.75. The van der Waals surface area contributed by atoms with E-state index in [1.807, 2.05) is 13.8 Å². The molecule has 1 heterocycles. The van der Waals surface area contributed by atoms with E-state index in [2.05, 4.69) is 15.3 Å². The molecule has 0 unspecified atom stereocenters. The van der Waals surface area contributed by atoms with Gasteiger partial charge in [-0.05, 0) is 12.1 Å². The molecule has 0 aliphatic heterocycles. The summed E-state index contributed by atoms with van der Waals surface area (Å²) in [7, 11) is 3.29.